The van der Waals surface area contributed by atoms with E-state index in [4.69, 9.17) is 4.74 Å². The Morgan fingerprint density at radius 3 is 2.42 bits per heavy atom. The summed E-state index contributed by atoms with van der Waals surface area (Å²) < 4.78 is 10.3. The predicted octanol–water partition coefficient (Wildman–Crippen LogP) is 4.10. The van der Waals surface area contributed by atoms with Crippen LogP contribution in [0.15, 0.2) is 48.5 Å². The fourth-order valence-electron chi connectivity index (χ4n) is 2.41. The Morgan fingerprint density at radius 2 is 1.75 bits per heavy atom. The Labute approximate surface area is 142 Å². The topological polar surface area (TPSA) is 52.6 Å². The first-order valence-electron chi connectivity index (χ1n) is 7.97. The van der Waals surface area contributed by atoms with Crippen LogP contribution in [0.3, 0.4) is 0 Å². The van der Waals surface area contributed by atoms with Gasteiger partial charge in [-0.25, -0.2) is 0 Å². The highest BCUT2D eigenvalue weighted by Gasteiger charge is 2.11. The van der Waals surface area contributed by atoms with Gasteiger partial charge in [0.1, 0.15) is 12.4 Å². The maximum Gasteiger partial charge on any atom is 0.305 e. The van der Waals surface area contributed by atoms with Gasteiger partial charge in [0, 0.05) is 18.4 Å². The molecule has 0 aliphatic heterocycles. The third kappa shape index (κ3) is 5.23. The molecule has 0 aromatic heterocycles. The molecule has 0 heterocycles. The summed E-state index contributed by atoms with van der Waals surface area (Å²) in [6.07, 6.45) is 1.09. The Hall–Kier alpha value is -2.62. The van der Waals surface area contributed by atoms with Crippen LogP contribution in [0.4, 0.5) is 0 Å². The van der Waals surface area contributed by atoms with Crippen LogP contribution in [-0.2, 0) is 16.1 Å². The van der Waals surface area contributed by atoms with E-state index in [0.717, 1.165) is 16.9 Å². The highest BCUT2D eigenvalue weighted by Crippen LogP contribution is 2.20. The van der Waals surface area contributed by atoms with Crippen molar-refractivity contribution in [2.75, 3.05) is 7.11 Å². The molecule has 0 saturated carbocycles. The van der Waals surface area contributed by atoms with Crippen LogP contribution in [0.1, 0.15) is 40.7 Å². The molecule has 126 valence electrons. The number of benzene rings is 2. The molecule has 0 unspecified atom stereocenters. The van der Waals surface area contributed by atoms with Crippen molar-refractivity contribution in [1.82, 2.24) is 0 Å². The number of Topliss-reactive ketones (excluding diaryl/α,β-unsaturated/α-hetero) is 1. The van der Waals surface area contributed by atoms with E-state index in [9.17, 15) is 9.59 Å². The molecule has 2 rings (SSSR count). The Balaban J connectivity index is 1.91. The summed E-state index contributed by atoms with van der Waals surface area (Å²) in [7, 11) is 1.35. The molecule has 0 radical (unpaired) electrons. The molecule has 0 atom stereocenters. The van der Waals surface area contributed by atoms with Crippen molar-refractivity contribution in [3.63, 3.8) is 0 Å². The van der Waals surface area contributed by atoms with Gasteiger partial charge in [-0.05, 0) is 42.7 Å². The van der Waals surface area contributed by atoms with Gasteiger partial charge in [0.25, 0.3) is 0 Å². The van der Waals surface area contributed by atoms with E-state index in [0.29, 0.717) is 25.0 Å². The van der Waals surface area contributed by atoms with Crippen LogP contribution in [0, 0.1) is 6.92 Å². The fraction of sp³-hybridized carbons (Fsp3) is 0.300. The molecule has 2 aromatic carbocycles. The number of rotatable bonds is 8. The van der Waals surface area contributed by atoms with Crippen LogP contribution in [-0.4, -0.2) is 18.9 Å². The zero-order valence-corrected chi connectivity index (χ0v) is 14.1. The van der Waals surface area contributed by atoms with Gasteiger partial charge < -0.3 is 9.47 Å². The van der Waals surface area contributed by atoms with E-state index in [1.54, 1.807) is 6.07 Å². The van der Waals surface area contributed by atoms with Crippen molar-refractivity contribution in [3.05, 3.63) is 65.2 Å². The molecule has 0 N–H and O–H groups in total. The first-order chi connectivity index (χ1) is 11.6. The summed E-state index contributed by atoms with van der Waals surface area (Å²) in [6, 6.07) is 15.4. The minimum Gasteiger partial charge on any atom is -0.489 e. The highest BCUT2D eigenvalue weighted by molar-refractivity contribution is 5.97. The van der Waals surface area contributed by atoms with E-state index in [2.05, 4.69) is 4.74 Å². The van der Waals surface area contributed by atoms with Crippen LogP contribution >= 0.6 is 0 Å². The lowest BCUT2D eigenvalue weighted by Crippen LogP contribution is -2.05. The number of carbonyl (C=O) groups is 2. The largest absolute Gasteiger partial charge is 0.489 e. The number of esters is 1. The molecule has 24 heavy (non-hydrogen) atoms. The van der Waals surface area contributed by atoms with E-state index < -0.39 is 0 Å². The Kier molecular flexibility index (Phi) is 6.55. The standard InChI is InChI=1S/C20H22O4/c1-15-13-17(24-14-16-7-4-3-5-8-16)11-12-18(15)19(21)9-6-10-20(22)23-2/h3-5,7-8,11-13H,6,9-10,14H2,1-2H3. The molecular formula is C20H22O4. The molecule has 0 aliphatic carbocycles. The predicted molar refractivity (Wildman–Crippen MR) is 92.2 cm³/mol. The quantitative estimate of drug-likeness (QED) is 0.541. The summed E-state index contributed by atoms with van der Waals surface area (Å²) in [5, 5.41) is 0. The second-order valence-electron chi connectivity index (χ2n) is 5.60. The highest BCUT2D eigenvalue weighted by atomic mass is 16.5. The molecular weight excluding hydrogens is 304 g/mol. The Bertz CT molecular complexity index is 692. The van der Waals surface area contributed by atoms with Gasteiger partial charge in [0.15, 0.2) is 5.78 Å². The van der Waals surface area contributed by atoms with Gasteiger partial charge in [-0.3, -0.25) is 9.59 Å². The minimum absolute atomic E-state index is 0.0333. The first kappa shape index (κ1) is 17.7. The second-order valence-corrected chi connectivity index (χ2v) is 5.60. The average Bonchev–Trinajstić information content (AvgIpc) is 2.60. The van der Waals surface area contributed by atoms with Gasteiger partial charge in [0.2, 0.25) is 0 Å². The van der Waals surface area contributed by atoms with Crippen LogP contribution in [0.25, 0.3) is 0 Å². The van der Waals surface area contributed by atoms with Crippen molar-refractivity contribution in [2.24, 2.45) is 0 Å². The normalized spacial score (nSPS) is 10.2. The Morgan fingerprint density at radius 1 is 1.00 bits per heavy atom. The molecule has 0 amide bonds. The number of carbonyl (C=O) groups excluding carboxylic acids is 2. The first-order valence-corrected chi connectivity index (χ1v) is 7.97. The molecule has 4 nitrogen and oxygen atoms in total. The van der Waals surface area contributed by atoms with Gasteiger partial charge in [0.05, 0.1) is 7.11 Å². The zero-order chi connectivity index (χ0) is 17.4. The lowest BCUT2D eigenvalue weighted by Gasteiger charge is -2.10. The summed E-state index contributed by atoms with van der Waals surface area (Å²) >= 11 is 0. The molecule has 4 heteroatoms. The zero-order valence-electron chi connectivity index (χ0n) is 14.1. The van der Waals surface area contributed by atoms with Crippen LogP contribution < -0.4 is 4.74 Å². The van der Waals surface area contributed by atoms with E-state index in [1.165, 1.54) is 7.11 Å². The van der Waals surface area contributed by atoms with Crippen molar-refractivity contribution >= 4 is 11.8 Å². The van der Waals surface area contributed by atoms with E-state index in [1.807, 2.05) is 49.4 Å². The average molecular weight is 326 g/mol. The maximum atomic E-state index is 12.2. The molecule has 0 bridgehead atoms. The summed E-state index contributed by atoms with van der Waals surface area (Å²) in [5.41, 5.74) is 2.65. The van der Waals surface area contributed by atoms with E-state index in [-0.39, 0.29) is 18.2 Å². The van der Waals surface area contributed by atoms with Gasteiger partial charge >= 0.3 is 5.97 Å². The SMILES string of the molecule is COC(=O)CCCC(=O)c1ccc(OCc2ccccc2)cc1C. The number of ketones is 1. The molecule has 0 spiro atoms. The second kappa shape index (κ2) is 8.87. The lowest BCUT2D eigenvalue weighted by atomic mass is 10.0. The number of hydrogen-bond acceptors (Lipinski definition) is 4. The van der Waals surface area contributed by atoms with Gasteiger partial charge in [-0.1, -0.05) is 30.3 Å². The maximum absolute atomic E-state index is 12.2. The van der Waals surface area contributed by atoms with Crippen LogP contribution in [0.5, 0.6) is 5.75 Å². The smallest absolute Gasteiger partial charge is 0.305 e. The third-order valence-corrected chi connectivity index (χ3v) is 3.76. The third-order valence-electron chi connectivity index (χ3n) is 3.76. The molecule has 0 fully saturated rings. The summed E-state index contributed by atoms with van der Waals surface area (Å²) in [4.78, 5) is 23.3. The van der Waals surface area contributed by atoms with Crippen molar-refractivity contribution in [3.8, 4) is 5.75 Å². The number of ether oxygens (including phenoxy) is 2. The van der Waals surface area contributed by atoms with Crippen LogP contribution in [0.2, 0.25) is 0 Å². The number of hydrogen-bond donors (Lipinski definition) is 0. The van der Waals surface area contributed by atoms with Crippen molar-refractivity contribution in [1.29, 1.82) is 0 Å². The minimum atomic E-state index is -0.288. The molecule has 0 saturated heterocycles. The molecule has 0 aliphatic rings. The summed E-state index contributed by atoms with van der Waals surface area (Å²) in [6.45, 7) is 2.38. The number of methoxy groups -OCH3 is 1. The van der Waals surface area contributed by atoms with Gasteiger partial charge in [-0.15, -0.1) is 0 Å². The monoisotopic (exact) mass is 326 g/mol. The van der Waals surface area contributed by atoms with Crippen molar-refractivity contribution < 1.29 is 19.1 Å². The molecule has 2 aromatic rings. The number of aryl methyl sites for hydroxylation is 1. The fourth-order valence-corrected chi connectivity index (χ4v) is 2.41. The van der Waals surface area contributed by atoms with Crippen molar-refractivity contribution in [2.45, 2.75) is 32.8 Å². The lowest BCUT2D eigenvalue weighted by molar-refractivity contribution is -0.140. The van der Waals surface area contributed by atoms with E-state index >= 15 is 0 Å². The van der Waals surface area contributed by atoms with Gasteiger partial charge in [-0.2, -0.15) is 0 Å². The summed E-state index contributed by atoms with van der Waals surface area (Å²) in [5.74, 6) is 0.484.